The molecule has 4 aliphatic heterocycles. The van der Waals surface area contributed by atoms with E-state index < -0.39 is 46.2 Å². The molecule has 3 aromatic carbocycles. The van der Waals surface area contributed by atoms with Crippen LogP contribution in [0, 0.1) is 22.2 Å². The first-order valence-electron chi connectivity index (χ1n) is 19.3. The molecule has 12 nitrogen and oxygen atoms in total. The van der Waals surface area contributed by atoms with E-state index in [-0.39, 0.29) is 48.6 Å². The van der Waals surface area contributed by atoms with Crippen molar-refractivity contribution in [3.8, 4) is 11.8 Å². The number of carbonyl (C=O) groups excluding carboxylic acids is 5. The number of alkyl halides is 1. The average molecular weight is 795 g/mol. The number of carbonyl (C=O) groups is 5. The van der Waals surface area contributed by atoms with Crippen LogP contribution in [0.15, 0.2) is 54.6 Å². The van der Waals surface area contributed by atoms with Gasteiger partial charge in [-0.25, -0.2) is 4.39 Å². The van der Waals surface area contributed by atoms with Crippen molar-refractivity contribution in [1.82, 2.24) is 20.4 Å². The molecule has 3 fully saturated rings. The number of nitriles is 1. The van der Waals surface area contributed by atoms with Crippen molar-refractivity contribution in [2.45, 2.75) is 90.3 Å². The first kappa shape index (κ1) is 38.5. The number of hydrogen-bond acceptors (Lipinski definition) is 9. The number of benzene rings is 3. The zero-order valence-electron chi connectivity index (χ0n) is 32.3. The average Bonchev–Trinajstić information content (AvgIpc) is 3.67. The van der Waals surface area contributed by atoms with Crippen LogP contribution in [0.2, 0.25) is 5.02 Å². The number of halogens is 2. The number of rotatable bonds is 8. The summed E-state index contributed by atoms with van der Waals surface area (Å²) in [7, 11) is 0. The van der Waals surface area contributed by atoms with Crippen LogP contribution in [-0.4, -0.2) is 82.8 Å². The van der Waals surface area contributed by atoms with Gasteiger partial charge in [0.15, 0.2) is 0 Å². The molecule has 8 rings (SSSR count). The van der Waals surface area contributed by atoms with Gasteiger partial charge in [-0.15, -0.1) is 0 Å². The smallest absolute Gasteiger partial charge is 0.262 e. The van der Waals surface area contributed by atoms with E-state index in [0.717, 1.165) is 21.7 Å². The van der Waals surface area contributed by atoms with E-state index in [1.165, 1.54) is 0 Å². The summed E-state index contributed by atoms with van der Waals surface area (Å²) >= 11 is 6.23. The van der Waals surface area contributed by atoms with E-state index in [0.29, 0.717) is 60.9 Å². The largest absolute Gasteiger partial charge is 0.489 e. The van der Waals surface area contributed by atoms with Crippen molar-refractivity contribution in [1.29, 1.82) is 5.26 Å². The Kier molecular flexibility index (Phi) is 9.44. The first-order valence-corrected chi connectivity index (χ1v) is 19.7. The highest BCUT2D eigenvalue weighted by Gasteiger charge is 2.64. The summed E-state index contributed by atoms with van der Waals surface area (Å²) in [6.45, 7) is 10.3. The number of imide groups is 2. The van der Waals surface area contributed by atoms with E-state index in [1.54, 1.807) is 42.5 Å². The van der Waals surface area contributed by atoms with E-state index in [1.807, 2.05) is 17.0 Å². The molecule has 3 aromatic rings. The van der Waals surface area contributed by atoms with Gasteiger partial charge in [-0.2, -0.15) is 5.26 Å². The van der Waals surface area contributed by atoms with Crippen LogP contribution in [0.25, 0.3) is 0 Å². The van der Waals surface area contributed by atoms with Crippen molar-refractivity contribution >= 4 is 46.8 Å². The van der Waals surface area contributed by atoms with E-state index >= 15 is 4.39 Å². The molecule has 0 bridgehead atoms. The zero-order valence-corrected chi connectivity index (χ0v) is 33.0. The molecule has 1 atom stereocenters. The zero-order chi connectivity index (χ0) is 40.6. The topological polar surface area (TPSA) is 152 Å². The maximum absolute atomic E-state index is 16.3. The van der Waals surface area contributed by atoms with Crippen LogP contribution in [0.1, 0.15) is 101 Å². The summed E-state index contributed by atoms with van der Waals surface area (Å²) in [4.78, 5) is 69.2. The first-order chi connectivity index (χ1) is 27.0. The predicted octanol–water partition coefficient (Wildman–Crippen LogP) is 5.55. The van der Waals surface area contributed by atoms with Gasteiger partial charge in [0.05, 0.1) is 21.7 Å². The summed E-state index contributed by atoms with van der Waals surface area (Å²) in [5, 5.41) is 15.0. The normalized spacial score (nSPS) is 24.6. The molecular formula is C43H44ClFN6O6. The monoisotopic (exact) mass is 794 g/mol. The molecule has 4 heterocycles. The Morgan fingerprint density at radius 2 is 1.56 bits per heavy atom. The molecule has 1 aliphatic carbocycles. The SMILES string of the molecule is CC1(C)C(NC(=O)c2ccc(N3CCC(F)(CN4Cc5cc6c(cc5C4)C(=O)N(C4CCC(=O)NC4=O)C6=O)CC3)cc2)C(C)(C)C1Oc1ccc(C#N)c(Cl)c1. The van der Waals surface area contributed by atoms with Gasteiger partial charge in [0.2, 0.25) is 11.8 Å². The maximum Gasteiger partial charge on any atom is 0.262 e. The van der Waals surface area contributed by atoms with Gasteiger partial charge >= 0.3 is 0 Å². The molecule has 5 aliphatic rings. The van der Waals surface area contributed by atoms with Gasteiger partial charge in [0.1, 0.15) is 29.6 Å². The Bertz CT molecular complexity index is 2200. The highest BCUT2D eigenvalue weighted by molar-refractivity contribution is 6.31. The van der Waals surface area contributed by atoms with Crippen LogP contribution in [-0.2, 0) is 22.7 Å². The number of ether oxygens (including phenoxy) is 1. The number of hydrogen-bond donors (Lipinski definition) is 2. The lowest BCUT2D eigenvalue weighted by molar-refractivity contribution is -0.164. The van der Waals surface area contributed by atoms with Crippen molar-refractivity contribution in [2.24, 2.45) is 10.8 Å². The van der Waals surface area contributed by atoms with Gasteiger partial charge in [-0.1, -0.05) is 39.3 Å². The van der Waals surface area contributed by atoms with Crippen molar-refractivity contribution in [3.05, 3.63) is 93.0 Å². The van der Waals surface area contributed by atoms with Crippen LogP contribution in [0.4, 0.5) is 10.1 Å². The fourth-order valence-corrected chi connectivity index (χ4v) is 10.1. The molecule has 1 unspecified atom stereocenters. The molecule has 2 N–H and O–H groups in total. The lowest BCUT2D eigenvalue weighted by Crippen LogP contribution is -2.74. The Hall–Kier alpha value is -5.32. The van der Waals surface area contributed by atoms with Gasteiger partial charge in [-0.05, 0) is 66.1 Å². The van der Waals surface area contributed by atoms with Gasteiger partial charge in [0.25, 0.3) is 17.7 Å². The highest BCUT2D eigenvalue weighted by atomic mass is 35.5. The Morgan fingerprint density at radius 1 is 0.947 bits per heavy atom. The summed E-state index contributed by atoms with van der Waals surface area (Å²) in [5.41, 5.74) is 1.78. The van der Waals surface area contributed by atoms with E-state index in [4.69, 9.17) is 16.3 Å². The van der Waals surface area contributed by atoms with Gasteiger partial charge < -0.3 is 15.0 Å². The molecule has 0 aromatic heterocycles. The molecule has 2 saturated heterocycles. The molecule has 0 radical (unpaired) electrons. The summed E-state index contributed by atoms with van der Waals surface area (Å²) in [6, 6.07) is 16.7. The number of fused-ring (bicyclic) bond motifs is 2. The van der Waals surface area contributed by atoms with E-state index in [2.05, 4.69) is 49.3 Å². The Labute approximate surface area is 335 Å². The van der Waals surface area contributed by atoms with Gasteiger partial charge in [-0.3, -0.25) is 39.1 Å². The quantitative estimate of drug-likeness (QED) is 0.280. The molecule has 296 valence electrons. The molecule has 57 heavy (non-hydrogen) atoms. The van der Waals surface area contributed by atoms with Crippen LogP contribution in [0.3, 0.4) is 0 Å². The lowest BCUT2D eigenvalue weighted by atomic mass is 9.49. The van der Waals surface area contributed by atoms with Gasteiger partial charge in [0, 0.05) is 86.2 Å². The van der Waals surface area contributed by atoms with E-state index in [9.17, 15) is 29.2 Å². The fourth-order valence-electron chi connectivity index (χ4n) is 9.91. The van der Waals surface area contributed by atoms with Crippen LogP contribution in [0.5, 0.6) is 5.75 Å². The summed E-state index contributed by atoms with van der Waals surface area (Å²) in [5.74, 6) is -1.79. The number of nitrogens with zero attached hydrogens (tertiary/aromatic N) is 4. The van der Waals surface area contributed by atoms with Crippen molar-refractivity contribution in [2.75, 3.05) is 24.5 Å². The second kappa shape index (κ2) is 14.0. The molecule has 5 amide bonds. The molecule has 1 saturated carbocycles. The summed E-state index contributed by atoms with van der Waals surface area (Å²) in [6.07, 6.45) is 0.569. The Balaban J connectivity index is 0.838. The molecular weight excluding hydrogens is 751 g/mol. The second-order valence-electron chi connectivity index (χ2n) is 17.2. The number of piperidine rings is 2. The van der Waals surface area contributed by atoms with Crippen LogP contribution < -0.4 is 20.3 Å². The third-order valence-electron chi connectivity index (χ3n) is 12.6. The lowest BCUT2D eigenvalue weighted by Gasteiger charge is -2.63. The number of anilines is 1. The third-order valence-corrected chi connectivity index (χ3v) is 13.0. The third kappa shape index (κ3) is 6.72. The standard InChI is InChI=1S/C43H44ClFN6O6/c1-41(2)39(42(3,4)40(41)57-29-10-7-25(20-46)32(44)19-29)48-35(53)24-5-8-28(9-6-24)50-15-13-43(45,14-16-50)23-49-21-26-17-30-31(18-27(26)22-49)38(56)51(37(30)55)33-11-12-34(52)47-36(33)54/h5-10,17-19,33,39-40H,11-16,21-23H2,1-4H3,(H,48,53)(H,47,52,54). The molecule has 0 spiro atoms. The van der Waals surface area contributed by atoms with Crippen molar-refractivity contribution < 1.29 is 33.1 Å². The number of amides is 5. The minimum atomic E-state index is -1.42. The van der Waals surface area contributed by atoms with Crippen molar-refractivity contribution in [3.63, 3.8) is 0 Å². The minimum Gasteiger partial charge on any atom is -0.489 e. The number of nitrogens with one attached hydrogen (secondary N) is 2. The maximum atomic E-state index is 16.3. The van der Waals surface area contributed by atoms with Crippen LogP contribution >= 0.6 is 11.6 Å². The fraction of sp³-hybridized carbons (Fsp3) is 0.442. The molecule has 14 heteroatoms. The second-order valence-corrected chi connectivity index (χ2v) is 17.7. The predicted molar refractivity (Wildman–Crippen MR) is 208 cm³/mol. The Morgan fingerprint density at radius 3 is 2.12 bits per heavy atom. The minimum absolute atomic E-state index is 0.0558. The summed E-state index contributed by atoms with van der Waals surface area (Å²) < 4.78 is 22.7. The highest BCUT2D eigenvalue weighted by Crippen LogP contribution is 2.55.